The summed E-state index contributed by atoms with van der Waals surface area (Å²) in [6.07, 6.45) is 2.23. The highest BCUT2D eigenvalue weighted by Gasteiger charge is 2.23. The van der Waals surface area contributed by atoms with Gasteiger partial charge in [-0.1, -0.05) is 0 Å². The Balaban J connectivity index is 2.59. The number of rotatable bonds is 0. The second kappa shape index (κ2) is 2.45. The van der Waals surface area contributed by atoms with Crippen molar-refractivity contribution < 1.29 is 4.79 Å². The first-order chi connectivity index (χ1) is 5.83. The molecule has 1 N–H and O–H groups in total. The van der Waals surface area contributed by atoms with Crippen LogP contribution in [0.1, 0.15) is 34.6 Å². The number of carbonyl (C=O) groups excluding carboxylic acids is 1. The predicted molar refractivity (Wildman–Crippen MR) is 40.6 cm³/mol. The van der Waals surface area contributed by atoms with E-state index in [-0.39, 0.29) is 11.5 Å². The molecule has 1 aliphatic rings. The molecule has 0 saturated heterocycles. The monoisotopic (exact) mass is 161 g/mol. The number of nitrogens with one attached hydrogen (secondary N) is 1. The maximum atomic E-state index is 11.3. The van der Waals surface area contributed by atoms with Crippen molar-refractivity contribution in [1.29, 1.82) is 5.26 Å². The van der Waals surface area contributed by atoms with Gasteiger partial charge < -0.3 is 0 Å². The summed E-state index contributed by atoms with van der Waals surface area (Å²) in [4.78, 5) is 11.3. The fraction of sp³-hybridized carbons (Fsp3) is 0.375. The molecule has 0 unspecified atom stereocenters. The van der Waals surface area contributed by atoms with Gasteiger partial charge in [0.05, 0.1) is 5.56 Å². The molecule has 0 spiro atoms. The van der Waals surface area contributed by atoms with Crippen LogP contribution in [0.2, 0.25) is 0 Å². The lowest BCUT2D eigenvalue weighted by Crippen LogP contribution is -2.10. The zero-order valence-electron chi connectivity index (χ0n) is 6.42. The summed E-state index contributed by atoms with van der Waals surface area (Å²) in [7, 11) is 0. The fourth-order valence-corrected chi connectivity index (χ4v) is 1.49. The number of nitrogens with zero attached hydrogens (tertiary/aromatic N) is 2. The predicted octanol–water partition coefficient (Wildman–Crippen LogP) is 0.800. The Kier molecular flexibility index (Phi) is 1.44. The van der Waals surface area contributed by atoms with Crippen LogP contribution >= 0.6 is 0 Å². The van der Waals surface area contributed by atoms with Crippen LogP contribution in [0.15, 0.2) is 0 Å². The number of hydrogen-bond donors (Lipinski definition) is 1. The van der Waals surface area contributed by atoms with E-state index >= 15 is 0 Å². The molecule has 0 radical (unpaired) electrons. The Morgan fingerprint density at radius 3 is 3.08 bits per heavy atom. The van der Waals surface area contributed by atoms with Crippen molar-refractivity contribution in [3.8, 4) is 6.07 Å². The Bertz CT molecular complexity index is 372. The number of fused-ring (bicyclic) bond motifs is 1. The molecule has 4 heteroatoms. The van der Waals surface area contributed by atoms with Gasteiger partial charge in [-0.2, -0.15) is 10.4 Å². The number of aromatic nitrogens is 2. The highest BCUT2D eigenvalue weighted by Crippen LogP contribution is 2.21. The number of aryl methyl sites for hydroxylation is 1. The Labute approximate surface area is 69.2 Å². The Morgan fingerprint density at radius 1 is 1.50 bits per heavy atom. The zero-order chi connectivity index (χ0) is 8.55. The second-order valence-electron chi connectivity index (χ2n) is 2.81. The highest BCUT2D eigenvalue weighted by atomic mass is 16.1. The van der Waals surface area contributed by atoms with Crippen LogP contribution in [0.25, 0.3) is 0 Å². The number of hydrogen-bond acceptors (Lipinski definition) is 3. The van der Waals surface area contributed by atoms with E-state index in [1.807, 2.05) is 6.07 Å². The lowest BCUT2D eigenvalue weighted by molar-refractivity contribution is 0.0972. The van der Waals surface area contributed by atoms with Crippen LogP contribution < -0.4 is 0 Å². The van der Waals surface area contributed by atoms with Crippen molar-refractivity contribution in [2.45, 2.75) is 19.3 Å². The molecule has 12 heavy (non-hydrogen) atoms. The minimum Gasteiger partial charge on any atom is -0.294 e. The van der Waals surface area contributed by atoms with Crippen LogP contribution in [-0.2, 0) is 6.42 Å². The van der Waals surface area contributed by atoms with Gasteiger partial charge >= 0.3 is 0 Å². The molecule has 1 aromatic rings. The summed E-state index contributed by atoms with van der Waals surface area (Å²) in [6, 6.07) is 1.90. The van der Waals surface area contributed by atoms with Gasteiger partial charge in [0.1, 0.15) is 6.07 Å². The summed E-state index contributed by atoms with van der Waals surface area (Å²) < 4.78 is 0. The summed E-state index contributed by atoms with van der Waals surface area (Å²) in [5, 5.41) is 15.1. The SMILES string of the molecule is N#Cc1n[nH]c2c1C(=O)CCC2. The third-order valence-corrected chi connectivity index (χ3v) is 2.06. The van der Waals surface area contributed by atoms with E-state index in [1.165, 1.54) is 0 Å². The standard InChI is InChI=1S/C8H7N3O/c9-4-6-8-5(10-11-6)2-1-3-7(8)12/h1-3H2,(H,10,11). The molecule has 60 valence electrons. The molecule has 0 aliphatic heterocycles. The summed E-state index contributed by atoms with van der Waals surface area (Å²) in [5.41, 5.74) is 1.58. The quantitative estimate of drug-likeness (QED) is 0.611. The van der Waals surface area contributed by atoms with Gasteiger partial charge in [-0.15, -0.1) is 0 Å². The fourth-order valence-electron chi connectivity index (χ4n) is 1.49. The van der Waals surface area contributed by atoms with Crippen LogP contribution in [0.3, 0.4) is 0 Å². The summed E-state index contributed by atoms with van der Waals surface area (Å²) in [5.74, 6) is 0.0431. The van der Waals surface area contributed by atoms with Crippen molar-refractivity contribution >= 4 is 5.78 Å². The van der Waals surface area contributed by atoms with E-state index in [4.69, 9.17) is 5.26 Å². The van der Waals surface area contributed by atoms with E-state index < -0.39 is 0 Å². The number of nitriles is 1. The van der Waals surface area contributed by atoms with E-state index in [1.54, 1.807) is 0 Å². The number of carbonyl (C=O) groups is 1. The lowest BCUT2D eigenvalue weighted by Gasteiger charge is -2.07. The van der Waals surface area contributed by atoms with Gasteiger partial charge in [0, 0.05) is 12.1 Å². The van der Waals surface area contributed by atoms with Crippen molar-refractivity contribution in [3.05, 3.63) is 17.0 Å². The minimum atomic E-state index is 0.0431. The van der Waals surface area contributed by atoms with Crippen LogP contribution in [0.4, 0.5) is 0 Å². The molecule has 0 aromatic carbocycles. The molecule has 2 rings (SSSR count). The molecule has 0 atom stereocenters. The molecule has 1 aromatic heterocycles. The van der Waals surface area contributed by atoms with E-state index in [0.29, 0.717) is 12.0 Å². The summed E-state index contributed by atoms with van der Waals surface area (Å²) >= 11 is 0. The average molecular weight is 161 g/mol. The Hall–Kier alpha value is -1.63. The molecular weight excluding hydrogens is 154 g/mol. The molecule has 0 fully saturated rings. The van der Waals surface area contributed by atoms with Crippen molar-refractivity contribution in [1.82, 2.24) is 10.2 Å². The maximum absolute atomic E-state index is 11.3. The van der Waals surface area contributed by atoms with Gasteiger partial charge in [-0.3, -0.25) is 9.89 Å². The smallest absolute Gasteiger partial charge is 0.173 e. The third-order valence-electron chi connectivity index (χ3n) is 2.06. The maximum Gasteiger partial charge on any atom is 0.173 e. The molecule has 1 aliphatic carbocycles. The topological polar surface area (TPSA) is 69.5 Å². The second-order valence-corrected chi connectivity index (χ2v) is 2.81. The number of ketones is 1. The van der Waals surface area contributed by atoms with E-state index in [0.717, 1.165) is 18.5 Å². The first kappa shape index (κ1) is 7.04. The van der Waals surface area contributed by atoms with Gasteiger partial charge in [0.25, 0.3) is 0 Å². The molecule has 0 bridgehead atoms. The van der Waals surface area contributed by atoms with Crippen LogP contribution in [0.5, 0.6) is 0 Å². The van der Waals surface area contributed by atoms with Gasteiger partial charge in [-0.25, -0.2) is 0 Å². The van der Waals surface area contributed by atoms with Crippen molar-refractivity contribution in [3.63, 3.8) is 0 Å². The van der Waals surface area contributed by atoms with Crippen molar-refractivity contribution in [2.24, 2.45) is 0 Å². The normalized spacial score (nSPS) is 15.4. The number of H-pyrrole nitrogens is 1. The van der Waals surface area contributed by atoms with Crippen LogP contribution in [0, 0.1) is 11.3 Å². The number of Topliss-reactive ketones (excluding diaryl/α,β-unsaturated/α-hetero) is 1. The molecular formula is C8H7N3O. The molecule has 0 amide bonds. The van der Waals surface area contributed by atoms with E-state index in [2.05, 4.69) is 10.2 Å². The zero-order valence-corrected chi connectivity index (χ0v) is 6.42. The minimum absolute atomic E-state index is 0.0431. The Morgan fingerprint density at radius 2 is 2.33 bits per heavy atom. The molecule has 1 heterocycles. The van der Waals surface area contributed by atoms with Crippen molar-refractivity contribution in [2.75, 3.05) is 0 Å². The molecule has 4 nitrogen and oxygen atoms in total. The average Bonchev–Trinajstić information content (AvgIpc) is 2.49. The lowest BCUT2D eigenvalue weighted by atomic mass is 9.95. The third kappa shape index (κ3) is 0.832. The first-order valence-corrected chi connectivity index (χ1v) is 3.83. The van der Waals surface area contributed by atoms with Gasteiger partial charge in [-0.05, 0) is 12.8 Å². The van der Waals surface area contributed by atoms with Gasteiger partial charge in [0.15, 0.2) is 11.5 Å². The van der Waals surface area contributed by atoms with Gasteiger partial charge in [0.2, 0.25) is 0 Å². The highest BCUT2D eigenvalue weighted by molar-refractivity contribution is 5.99. The molecule has 0 saturated carbocycles. The summed E-state index contributed by atoms with van der Waals surface area (Å²) in [6.45, 7) is 0. The van der Waals surface area contributed by atoms with Crippen LogP contribution in [-0.4, -0.2) is 16.0 Å². The number of aromatic amines is 1. The van der Waals surface area contributed by atoms with E-state index in [9.17, 15) is 4.79 Å². The largest absolute Gasteiger partial charge is 0.294 e. The first-order valence-electron chi connectivity index (χ1n) is 3.83.